The number of carbonyl (C=O) groups is 2. The number of aryl methyl sites for hydroxylation is 3. The van der Waals surface area contributed by atoms with E-state index < -0.39 is 0 Å². The lowest BCUT2D eigenvalue weighted by Crippen LogP contribution is -2.56. The van der Waals surface area contributed by atoms with E-state index in [1.165, 1.54) is 15.3 Å². The van der Waals surface area contributed by atoms with Crippen LogP contribution in [0.4, 0.5) is 5.82 Å². The Bertz CT molecular complexity index is 1690. The van der Waals surface area contributed by atoms with E-state index in [2.05, 4.69) is 29.0 Å². The summed E-state index contributed by atoms with van der Waals surface area (Å²) < 4.78 is 18.4. The van der Waals surface area contributed by atoms with Crippen molar-refractivity contribution in [1.29, 1.82) is 0 Å². The highest BCUT2D eigenvalue weighted by Gasteiger charge is 2.33. The van der Waals surface area contributed by atoms with Crippen molar-refractivity contribution in [3.05, 3.63) is 70.4 Å². The monoisotopic (exact) mass is 615 g/mol. The number of fused-ring (bicyclic) bond motifs is 10. The van der Waals surface area contributed by atoms with Gasteiger partial charge in [-0.05, 0) is 67.6 Å². The van der Waals surface area contributed by atoms with Gasteiger partial charge in [-0.15, -0.1) is 11.3 Å². The number of rotatable bonds is 2. The minimum absolute atomic E-state index is 0.0240. The molecule has 0 spiro atoms. The normalized spacial score (nSPS) is 19.9. The Morgan fingerprint density at radius 3 is 2.77 bits per heavy atom. The summed E-state index contributed by atoms with van der Waals surface area (Å²) in [5.41, 5.74) is 3.08. The largest absolute Gasteiger partial charge is 0.493 e. The van der Waals surface area contributed by atoms with Crippen molar-refractivity contribution in [2.24, 2.45) is 0 Å². The van der Waals surface area contributed by atoms with Crippen molar-refractivity contribution < 1.29 is 23.8 Å². The Kier molecular flexibility index (Phi) is 8.67. The van der Waals surface area contributed by atoms with Crippen molar-refractivity contribution in [1.82, 2.24) is 20.2 Å². The molecular formula is C33H37N5O5S. The molecule has 7 rings (SSSR count). The van der Waals surface area contributed by atoms with Crippen LogP contribution in [0.1, 0.15) is 34.4 Å². The first-order valence-electron chi connectivity index (χ1n) is 14.8. The van der Waals surface area contributed by atoms with Gasteiger partial charge < -0.3 is 29.3 Å². The van der Waals surface area contributed by atoms with Gasteiger partial charge in [0, 0.05) is 31.4 Å². The van der Waals surface area contributed by atoms with Gasteiger partial charge in [0.25, 0.3) is 0 Å². The summed E-state index contributed by atoms with van der Waals surface area (Å²) in [6.07, 6.45) is 2.75. The average molecular weight is 616 g/mol. The molecule has 1 saturated heterocycles. The summed E-state index contributed by atoms with van der Waals surface area (Å²) in [4.78, 5) is 41.2. The molecule has 230 valence electrons. The maximum Gasteiger partial charge on any atom is 0.239 e. The molecule has 2 aromatic carbocycles. The number of piperidine rings is 1. The summed E-state index contributed by atoms with van der Waals surface area (Å²) >= 11 is 1.67. The van der Waals surface area contributed by atoms with Gasteiger partial charge in [-0.3, -0.25) is 9.59 Å². The van der Waals surface area contributed by atoms with Crippen LogP contribution < -0.4 is 19.7 Å². The minimum atomic E-state index is -0.322. The zero-order valence-corrected chi connectivity index (χ0v) is 26.3. The van der Waals surface area contributed by atoms with Crippen molar-refractivity contribution in [2.75, 3.05) is 38.7 Å². The van der Waals surface area contributed by atoms with Crippen LogP contribution in [-0.2, 0) is 27.4 Å². The number of thiophene rings is 1. The highest BCUT2D eigenvalue weighted by molar-refractivity contribution is 7.18. The summed E-state index contributed by atoms with van der Waals surface area (Å²) in [5, 5.41) is 4.24. The van der Waals surface area contributed by atoms with E-state index in [0.717, 1.165) is 27.2 Å². The van der Waals surface area contributed by atoms with E-state index in [0.29, 0.717) is 49.8 Å². The Hall–Kier alpha value is -4.22. The van der Waals surface area contributed by atoms with Crippen molar-refractivity contribution in [3.8, 4) is 17.2 Å². The van der Waals surface area contributed by atoms with E-state index in [9.17, 15) is 9.59 Å². The zero-order valence-electron chi connectivity index (χ0n) is 25.5. The molecular weight excluding hydrogens is 578 g/mol. The number of methoxy groups -OCH3 is 1. The van der Waals surface area contributed by atoms with E-state index in [-0.39, 0.29) is 36.9 Å². The molecule has 1 fully saturated rings. The summed E-state index contributed by atoms with van der Waals surface area (Å²) in [6, 6.07) is 13.2. The maximum atomic E-state index is 13.2. The first-order valence-corrected chi connectivity index (χ1v) is 15.6. The molecule has 11 heteroatoms. The quantitative estimate of drug-likeness (QED) is 0.343. The molecule has 4 bridgehead atoms. The van der Waals surface area contributed by atoms with Crippen LogP contribution in [0.2, 0.25) is 0 Å². The van der Waals surface area contributed by atoms with Gasteiger partial charge in [-0.1, -0.05) is 18.2 Å². The van der Waals surface area contributed by atoms with E-state index in [4.69, 9.17) is 19.2 Å². The Balaban J connectivity index is 1.29. The van der Waals surface area contributed by atoms with Crippen LogP contribution in [-0.4, -0.2) is 72.6 Å². The van der Waals surface area contributed by atoms with Crippen LogP contribution in [0, 0.1) is 13.8 Å². The van der Waals surface area contributed by atoms with Gasteiger partial charge >= 0.3 is 0 Å². The van der Waals surface area contributed by atoms with Gasteiger partial charge in [-0.25, -0.2) is 9.97 Å². The Labute approximate surface area is 261 Å². The van der Waals surface area contributed by atoms with E-state index in [1.54, 1.807) is 31.8 Å². The molecule has 1 N–H and O–H groups in total. The second kappa shape index (κ2) is 12.8. The molecule has 10 nitrogen and oxygen atoms in total. The van der Waals surface area contributed by atoms with Crippen molar-refractivity contribution in [3.63, 3.8) is 0 Å². The predicted octanol–water partition coefficient (Wildman–Crippen LogP) is 4.79. The summed E-state index contributed by atoms with van der Waals surface area (Å²) in [6.45, 7) is 5.76. The van der Waals surface area contributed by atoms with E-state index in [1.807, 2.05) is 42.5 Å². The lowest BCUT2D eigenvalue weighted by atomic mass is 10.0. The molecule has 2 atom stereocenters. The van der Waals surface area contributed by atoms with Gasteiger partial charge in [0.15, 0.2) is 11.5 Å². The molecule has 2 amide bonds. The number of nitrogens with zero attached hydrogens (tertiary/aromatic N) is 4. The lowest BCUT2D eigenvalue weighted by molar-refractivity contribution is -0.135. The number of hydrogen-bond donors (Lipinski definition) is 1. The molecule has 0 aliphatic carbocycles. The lowest BCUT2D eigenvalue weighted by Gasteiger charge is -2.39. The number of amides is 2. The van der Waals surface area contributed by atoms with Crippen LogP contribution >= 0.6 is 11.3 Å². The summed E-state index contributed by atoms with van der Waals surface area (Å²) in [7, 11) is 3.26. The number of hydrogen-bond acceptors (Lipinski definition) is 9. The fourth-order valence-electron chi connectivity index (χ4n) is 5.83. The molecule has 5 heterocycles. The third kappa shape index (κ3) is 6.34. The first-order chi connectivity index (χ1) is 21.3. The van der Waals surface area contributed by atoms with Crippen molar-refractivity contribution >= 4 is 39.2 Å². The second-order valence-electron chi connectivity index (χ2n) is 11.4. The molecule has 44 heavy (non-hydrogen) atoms. The molecule has 2 aromatic heterocycles. The molecule has 0 unspecified atom stereocenters. The fraction of sp³-hybridized carbons (Fsp3) is 0.394. The molecule has 4 aromatic rings. The summed E-state index contributed by atoms with van der Waals surface area (Å²) in [5.74, 6) is 2.41. The SMILES string of the molecule is COc1cc2ccc1Oc1cccc(c1)CO[C@H]1CN(c3ncnc4sc(C)c(C)c34)CC[C@@H]1NC(=O)CN(C)C(=O)CC2. The predicted molar refractivity (Wildman–Crippen MR) is 170 cm³/mol. The number of anilines is 1. The second-order valence-corrected chi connectivity index (χ2v) is 12.6. The minimum Gasteiger partial charge on any atom is -0.493 e. The van der Waals surface area contributed by atoms with Crippen LogP contribution in [0.15, 0.2) is 48.8 Å². The Morgan fingerprint density at radius 2 is 1.93 bits per heavy atom. The molecule has 3 aliphatic heterocycles. The standard InChI is InChI=1S/C33H37N5O5S/c1-20-21(2)44-33-31(20)32(34-19-35-33)38-13-12-25-28(16-38)42-18-23-6-5-7-24(14-23)43-26-10-8-22(15-27(26)41-4)9-11-30(40)37(3)17-29(39)36-25/h5-8,10,14-15,19,25,28H,9,11-13,16-18H2,1-4H3,(H,36,39)/t25-,28-/m0/s1. The number of carbonyl (C=O) groups excluding carboxylic acids is 2. The number of aromatic nitrogens is 2. The van der Waals surface area contributed by atoms with Crippen LogP contribution in [0.5, 0.6) is 17.2 Å². The molecule has 0 saturated carbocycles. The van der Waals surface area contributed by atoms with Crippen LogP contribution in [0.3, 0.4) is 0 Å². The first kappa shape index (κ1) is 29.8. The smallest absolute Gasteiger partial charge is 0.239 e. The topological polar surface area (TPSA) is 106 Å². The zero-order chi connectivity index (χ0) is 30.8. The number of ether oxygens (including phenoxy) is 3. The maximum absolute atomic E-state index is 13.2. The van der Waals surface area contributed by atoms with E-state index >= 15 is 0 Å². The van der Waals surface area contributed by atoms with Crippen molar-refractivity contribution in [2.45, 2.75) is 51.9 Å². The number of nitrogens with one attached hydrogen (secondary N) is 1. The highest BCUT2D eigenvalue weighted by atomic mass is 32.1. The van der Waals surface area contributed by atoms with Gasteiger partial charge in [0.2, 0.25) is 11.8 Å². The number of benzene rings is 2. The van der Waals surface area contributed by atoms with Gasteiger partial charge in [-0.2, -0.15) is 0 Å². The van der Waals surface area contributed by atoms with Gasteiger partial charge in [0.05, 0.1) is 37.8 Å². The van der Waals surface area contributed by atoms with Crippen LogP contribution in [0.25, 0.3) is 10.2 Å². The molecule has 3 aliphatic rings. The third-order valence-corrected chi connectivity index (χ3v) is 9.52. The third-order valence-electron chi connectivity index (χ3n) is 8.40. The number of likely N-dealkylation sites (N-methyl/N-ethyl adjacent to an activating group) is 1. The fourth-order valence-corrected chi connectivity index (χ4v) is 6.82. The molecule has 0 radical (unpaired) electrons. The van der Waals surface area contributed by atoms with Gasteiger partial charge in [0.1, 0.15) is 22.7 Å². The highest BCUT2D eigenvalue weighted by Crippen LogP contribution is 2.36. The average Bonchev–Trinajstić information content (AvgIpc) is 3.32. The Morgan fingerprint density at radius 1 is 1.07 bits per heavy atom.